The van der Waals surface area contributed by atoms with Crippen LogP contribution in [0, 0.1) is 11.3 Å². The Morgan fingerprint density at radius 3 is 2.57 bits per heavy atom. The number of nitrogens with zero attached hydrogens (tertiary/aromatic N) is 3. The standard InChI is InChI=1S/C14H27N5O2/c1-10(2)12(20)14(4,5)7-16-13(21)18-11(3)6-19-9-15-8-17-19/h8-12,20H,6-7H2,1-5H3,(H2,16,18,21). The molecule has 3 N–H and O–H groups in total. The Bertz CT molecular complexity index is 431. The molecule has 0 saturated carbocycles. The molecule has 2 unspecified atom stereocenters. The summed E-state index contributed by atoms with van der Waals surface area (Å²) in [5, 5.41) is 19.8. The molecule has 120 valence electrons. The van der Waals surface area contributed by atoms with Crippen LogP contribution in [0.1, 0.15) is 34.6 Å². The third-order valence-electron chi connectivity index (χ3n) is 3.44. The van der Waals surface area contributed by atoms with Gasteiger partial charge in [-0.1, -0.05) is 27.7 Å². The van der Waals surface area contributed by atoms with Crippen LogP contribution < -0.4 is 10.6 Å². The molecule has 0 bridgehead atoms. The summed E-state index contributed by atoms with van der Waals surface area (Å²) in [6, 6.07) is -0.309. The van der Waals surface area contributed by atoms with E-state index in [2.05, 4.69) is 20.7 Å². The molecule has 21 heavy (non-hydrogen) atoms. The zero-order valence-electron chi connectivity index (χ0n) is 13.5. The predicted octanol–water partition coefficient (Wildman–Crippen LogP) is 1.01. The van der Waals surface area contributed by atoms with E-state index in [0.717, 1.165) is 0 Å². The fourth-order valence-electron chi connectivity index (χ4n) is 2.24. The molecule has 7 nitrogen and oxygen atoms in total. The van der Waals surface area contributed by atoms with Crippen molar-refractivity contribution in [2.24, 2.45) is 11.3 Å². The van der Waals surface area contributed by atoms with E-state index < -0.39 is 6.10 Å². The van der Waals surface area contributed by atoms with Crippen molar-refractivity contribution in [3.8, 4) is 0 Å². The van der Waals surface area contributed by atoms with Gasteiger partial charge >= 0.3 is 6.03 Å². The van der Waals surface area contributed by atoms with Gasteiger partial charge in [0, 0.05) is 18.0 Å². The molecule has 2 atom stereocenters. The minimum atomic E-state index is -0.467. The molecule has 1 aromatic heterocycles. The van der Waals surface area contributed by atoms with Crippen LogP contribution in [0.25, 0.3) is 0 Å². The van der Waals surface area contributed by atoms with Crippen molar-refractivity contribution in [1.29, 1.82) is 0 Å². The molecule has 0 aliphatic heterocycles. The molecule has 0 fully saturated rings. The van der Waals surface area contributed by atoms with Crippen molar-refractivity contribution < 1.29 is 9.90 Å². The van der Waals surface area contributed by atoms with Crippen molar-refractivity contribution in [2.75, 3.05) is 6.54 Å². The Balaban J connectivity index is 2.36. The van der Waals surface area contributed by atoms with E-state index in [1.165, 1.54) is 6.33 Å². The smallest absolute Gasteiger partial charge is 0.315 e. The summed E-state index contributed by atoms with van der Waals surface area (Å²) in [5.74, 6) is 0.149. The summed E-state index contributed by atoms with van der Waals surface area (Å²) in [4.78, 5) is 15.7. The van der Waals surface area contributed by atoms with Crippen LogP contribution in [0.3, 0.4) is 0 Å². The van der Waals surface area contributed by atoms with Gasteiger partial charge in [-0.15, -0.1) is 0 Å². The summed E-state index contributed by atoms with van der Waals surface area (Å²) in [7, 11) is 0. The van der Waals surface area contributed by atoms with Gasteiger partial charge in [0.1, 0.15) is 12.7 Å². The molecule has 0 radical (unpaired) electrons. The lowest BCUT2D eigenvalue weighted by Gasteiger charge is -2.33. The van der Waals surface area contributed by atoms with Gasteiger partial charge in [-0.05, 0) is 12.8 Å². The first-order valence-electron chi connectivity index (χ1n) is 7.27. The Labute approximate surface area is 126 Å². The van der Waals surface area contributed by atoms with Gasteiger partial charge in [0.25, 0.3) is 0 Å². The predicted molar refractivity (Wildman–Crippen MR) is 80.6 cm³/mol. The van der Waals surface area contributed by atoms with Gasteiger partial charge in [0.2, 0.25) is 0 Å². The third-order valence-corrected chi connectivity index (χ3v) is 3.44. The second-order valence-electron chi connectivity index (χ2n) is 6.52. The maximum atomic E-state index is 11.9. The Morgan fingerprint density at radius 2 is 2.05 bits per heavy atom. The van der Waals surface area contributed by atoms with Crippen molar-refractivity contribution in [3.05, 3.63) is 12.7 Å². The molecular weight excluding hydrogens is 270 g/mol. The average molecular weight is 297 g/mol. The number of nitrogens with one attached hydrogen (secondary N) is 2. The van der Waals surface area contributed by atoms with Crippen LogP contribution >= 0.6 is 0 Å². The van der Waals surface area contributed by atoms with E-state index in [9.17, 15) is 9.90 Å². The number of aromatic nitrogens is 3. The fourth-order valence-corrected chi connectivity index (χ4v) is 2.24. The first-order chi connectivity index (χ1) is 9.72. The van der Waals surface area contributed by atoms with Gasteiger partial charge < -0.3 is 15.7 Å². The van der Waals surface area contributed by atoms with Crippen molar-refractivity contribution in [3.63, 3.8) is 0 Å². The number of urea groups is 1. The van der Waals surface area contributed by atoms with Crippen molar-refractivity contribution >= 4 is 6.03 Å². The van der Waals surface area contributed by atoms with Crippen LogP contribution in [-0.2, 0) is 6.54 Å². The van der Waals surface area contributed by atoms with Crippen LogP contribution in [0.5, 0.6) is 0 Å². The molecule has 1 aromatic rings. The van der Waals surface area contributed by atoms with Crippen molar-refractivity contribution in [1.82, 2.24) is 25.4 Å². The highest BCUT2D eigenvalue weighted by Gasteiger charge is 2.30. The minimum absolute atomic E-state index is 0.0650. The number of amides is 2. The largest absolute Gasteiger partial charge is 0.392 e. The molecule has 7 heteroatoms. The highest BCUT2D eigenvalue weighted by Crippen LogP contribution is 2.24. The molecule has 0 aliphatic rings. The SMILES string of the molecule is CC(Cn1cncn1)NC(=O)NCC(C)(C)C(O)C(C)C. The third kappa shape index (κ3) is 5.71. The minimum Gasteiger partial charge on any atom is -0.392 e. The van der Waals surface area contributed by atoms with Crippen LogP contribution in [0.2, 0.25) is 0 Å². The zero-order valence-corrected chi connectivity index (χ0v) is 13.5. The van der Waals surface area contributed by atoms with Crippen molar-refractivity contribution in [2.45, 2.75) is 53.3 Å². The fraction of sp³-hybridized carbons (Fsp3) is 0.786. The lowest BCUT2D eigenvalue weighted by molar-refractivity contribution is 0.0151. The summed E-state index contributed by atoms with van der Waals surface area (Å²) >= 11 is 0. The molecule has 1 heterocycles. The van der Waals surface area contributed by atoms with Gasteiger partial charge in [0.15, 0.2) is 0 Å². The molecule has 0 spiro atoms. The monoisotopic (exact) mass is 297 g/mol. The lowest BCUT2D eigenvalue weighted by atomic mass is 9.81. The second-order valence-corrected chi connectivity index (χ2v) is 6.52. The number of hydrogen-bond donors (Lipinski definition) is 3. The maximum absolute atomic E-state index is 11.9. The first kappa shape index (κ1) is 17.4. The van der Waals surface area contributed by atoms with Gasteiger partial charge in [-0.3, -0.25) is 4.68 Å². The maximum Gasteiger partial charge on any atom is 0.315 e. The molecule has 0 saturated heterocycles. The number of aliphatic hydroxyl groups is 1. The normalized spacial score (nSPS) is 14.8. The topological polar surface area (TPSA) is 92.1 Å². The summed E-state index contributed by atoms with van der Waals surface area (Å²) in [6.45, 7) is 10.7. The van der Waals surface area contributed by atoms with Gasteiger partial charge in [-0.2, -0.15) is 5.10 Å². The van der Waals surface area contributed by atoms with E-state index in [-0.39, 0.29) is 23.4 Å². The van der Waals surface area contributed by atoms with Gasteiger partial charge in [0.05, 0.1) is 12.6 Å². The van der Waals surface area contributed by atoms with E-state index in [0.29, 0.717) is 13.1 Å². The Kier molecular flexibility index (Phi) is 6.14. The number of carbonyl (C=O) groups excluding carboxylic acids is 1. The first-order valence-corrected chi connectivity index (χ1v) is 7.27. The van der Waals surface area contributed by atoms with Gasteiger partial charge in [-0.25, -0.2) is 9.78 Å². The number of hydrogen-bond acceptors (Lipinski definition) is 4. The molecular formula is C14H27N5O2. The quantitative estimate of drug-likeness (QED) is 0.700. The summed E-state index contributed by atoms with van der Waals surface area (Å²) < 4.78 is 1.66. The Hall–Kier alpha value is -1.63. The molecule has 0 aromatic carbocycles. The van der Waals surface area contributed by atoms with Crippen LogP contribution in [0.4, 0.5) is 4.79 Å². The van der Waals surface area contributed by atoms with E-state index in [1.54, 1.807) is 11.0 Å². The Morgan fingerprint density at radius 1 is 1.38 bits per heavy atom. The number of aliphatic hydroxyl groups excluding tert-OH is 1. The lowest BCUT2D eigenvalue weighted by Crippen LogP contribution is -2.48. The molecule has 1 rings (SSSR count). The number of rotatable bonds is 7. The van der Waals surface area contributed by atoms with E-state index in [4.69, 9.17) is 0 Å². The second kappa shape index (κ2) is 7.40. The van der Waals surface area contributed by atoms with E-state index in [1.807, 2.05) is 34.6 Å². The van der Waals surface area contributed by atoms with Crippen LogP contribution in [0.15, 0.2) is 12.7 Å². The summed E-state index contributed by atoms with van der Waals surface area (Å²) in [5.41, 5.74) is -0.374. The zero-order chi connectivity index (χ0) is 16.0. The highest BCUT2D eigenvalue weighted by atomic mass is 16.3. The average Bonchev–Trinajstić information content (AvgIpc) is 2.88. The van der Waals surface area contributed by atoms with E-state index >= 15 is 0 Å². The number of carbonyl (C=O) groups is 1. The summed E-state index contributed by atoms with van der Waals surface area (Å²) in [6.07, 6.45) is 2.60. The molecule has 0 aliphatic carbocycles. The molecule has 2 amide bonds. The van der Waals surface area contributed by atoms with Crippen LogP contribution in [-0.4, -0.2) is 44.6 Å². The highest BCUT2D eigenvalue weighted by molar-refractivity contribution is 5.74.